The molecule has 0 aromatic rings. The van der Waals surface area contributed by atoms with E-state index in [1.165, 1.54) is 12.2 Å². The summed E-state index contributed by atoms with van der Waals surface area (Å²) >= 11 is 0. The molecule has 0 spiro atoms. The number of unbranched alkanes of at least 4 members (excludes halogenated alkanes) is 2. The zero-order valence-corrected chi connectivity index (χ0v) is 14.8. The van der Waals surface area contributed by atoms with Crippen molar-refractivity contribution in [1.29, 1.82) is 0 Å². The molecule has 0 amide bonds. The Labute approximate surface area is 152 Å². The predicted octanol–water partition coefficient (Wildman–Crippen LogP) is 4.43. The molecule has 1 aliphatic carbocycles. The molecule has 0 heterocycles. The van der Waals surface area contributed by atoms with Crippen LogP contribution < -0.4 is 0 Å². The van der Waals surface area contributed by atoms with Crippen molar-refractivity contribution in [3.8, 4) is 0 Å². The summed E-state index contributed by atoms with van der Waals surface area (Å²) in [5.74, 6) is -0.104. The lowest BCUT2D eigenvalue weighted by atomic mass is 9.96. The van der Waals surface area contributed by atoms with Gasteiger partial charge in [-0.15, -0.1) is 0 Å². The van der Waals surface area contributed by atoms with Crippen LogP contribution in [0.5, 0.6) is 0 Å². The molecule has 0 fully saturated rings. The summed E-state index contributed by atoms with van der Waals surface area (Å²) in [6.45, 7) is 0.189. The lowest BCUT2D eigenvalue weighted by Gasteiger charge is -2.10. The van der Waals surface area contributed by atoms with Crippen molar-refractivity contribution in [3.63, 3.8) is 0 Å². The van der Waals surface area contributed by atoms with Gasteiger partial charge in [0.1, 0.15) is 0 Å². The summed E-state index contributed by atoms with van der Waals surface area (Å²) in [6.07, 6.45) is 8.97. The average molecular weight is 372 g/mol. The van der Waals surface area contributed by atoms with E-state index in [1.807, 2.05) is 18.2 Å². The molecule has 6 heteroatoms. The molecule has 0 bridgehead atoms. The first-order valence-corrected chi connectivity index (χ1v) is 8.91. The topological polar surface area (TPSA) is 57.5 Å². The summed E-state index contributed by atoms with van der Waals surface area (Å²) in [4.78, 5) is 11.9. The second kappa shape index (κ2) is 11.9. The van der Waals surface area contributed by atoms with Crippen molar-refractivity contribution in [3.05, 3.63) is 48.1 Å². The molecule has 26 heavy (non-hydrogen) atoms. The highest BCUT2D eigenvalue weighted by atomic mass is 19.4. The number of hydrogen-bond donors (Lipinski definition) is 2. The van der Waals surface area contributed by atoms with Gasteiger partial charge in [-0.25, -0.2) is 0 Å². The quantitative estimate of drug-likeness (QED) is 0.321. The van der Waals surface area contributed by atoms with Gasteiger partial charge in [-0.1, -0.05) is 36.5 Å². The van der Waals surface area contributed by atoms with Gasteiger partial charge < -0.3 is 10.2 Å². The number of alkyl halides is 3. The molecule has 2 N–H and O–H groups in total. The monoisotopic (exact) mass is 372 g/mol. The molecule has 2 atom stereocenters. The van der Waals surface area contributed by atoms with Crippen LogP contribution in [0.3, 0.4) is 0 Å². The first kappa shape index (κ1) is 22.4. The number of aliphatic hydroxyl groups is 2. The molecule has 0 aliphatic heterocycles. The van der Waals surface area contributed by atoms with E-state index in [-0.39, 0.29) is 31.1 Å². The van der Waals surface area contributed by atoms with Crippen LogP contribution in [0.2, 0.25) is 0 Å². The van der Waals surface area contributed by atoms with E-state index in [2.05, 4.69) is 0 Å². The average Bonchev–Trinajstić information content (AvgIpc) is 2.92. The smallest absolute Gasteiger partial charge is 0.392 e. The van der Waals surface area contributed by atoms with Gasteiger partial charge in [0.05, 0.1) is 12.5 Å². The predicted molar refractivity (Wildman–Crippen MR) is 95.5 cm³/mol. The normalized spacial score (nSPS) is 20.9. The highest BCUT2D eigenvalue weighted by molar-refractivity contribution is 6.07. The molecule has 0 saturated carbocycles. The van der Waals surface area contributed by atoms with E-state index in [0.717, 1.165) is 25.3 Å². The van der Waals surface area contributed by atoms with Crippen LogP contribution in [0.15, 0.2) is 48.1 Å². The fourth-order valence-corrected chi connectivity index (χ4v) is 2.61. The molecule has 0 saturated heterocycles. The highest BCUT2D eigenvalue weighted by Crippen LogP contribution is 2.26. The number of aliphatic hydroxyl groups excluding tert-OH is 2. The van der Waals surface area contributed by atoms with E-state index in [0.29, 0.717) is 12.0 Å². The van der Waals surface area contributed by atoms with E-state index in [1.54, 1.807) is 6.08 Å². The third-order valence-electron chi connectivity index (χ3n) is 4.03. The second-order valence-corrected chi connectivity index (χ2v) is 6.33. The molecule has 0 radical (unpaired) electrons. The van der Waals surface area contributed by atoms with Crippen LogP contribution >= 0.6 is 0 Å². The summed E-state index contributed by atoms with van der Waals surface area (Å²) in [5, 5.41) is 18.6. The molecule has 0 unspecified atom stereocenters. The Balaban J connectivity index is 2.42. The third-order valence-corrected chi connectivity index (χ3v) is 4.03. The van der Waals surface area contributed by atoms with E-state index < -0.39 is 18.7 Å². The van der Waals surface area contributed by atoms with Crippen molar-refractivity contribution < 1.29 is 28.2 Å². The molecular formula is C20H27F3O3. The van der Waals surface area contributed by atoms with Gasteiger partial charge in [0.2, 0.25) is 0 Å². The van der Waals surface area contributed by atoms with Crippen molar-refractivity contribution in [2.75, 3.05) is 6.61 Å². The fraction of sp³-hybridized carbons (Fsp3) is 0.550. The minimum absolute atomic E-state index is 0.0236. The number of halogens is 3. The number of ketones is 1. The first-order chi connectivity index (χ1) is 12.3. The molecule has 0 aromatic heterocycles. The van der Waals surface area contributed by atoms with Gasteiger partial charge in [-0.3, -0.25) is 4.79 Å². The molecule has 0 aromatic carbocycles. The minimum atomic E-state index is -4.23. The maximum Gasteiger partial charge on any atom is 0.392 e. The van der Waals surface area contributed by atoms with E-state index in [9.17, 15) is 23.1 Å². The second-order valence-electron chi connectivity index (χ2n) is 6.33. The molecular weight excluding hydrogens is 345 g/mol. The highest BCUT2D eigenvalue weighted by Gasteiger charge is 2.24. The summed E-state index contributed by atoms with van der Waals surface area (Å²) in [5.41, 5.74) is 0.628. The van der Waals surface area contributed by atoms with Crippen LogP contribution in [-0.4, -0.2) is 34.9 Å². The maximum absolute atomic E-state index is 12.0. The largest absolute Gasteiger partial charge is 0.396 e. The molecule has 3 nitrogen and oxygen atoms in total. The van der Waals surface area contributed by atoms with Crippen LogP contribution in [-0.2, 0) is 4.79 Å². The van der Waals surface area contributed by atoms with Gasteiger partial charge in [-0.05, 0) is 44.6 Å². The maximum atomic E-state index is 12.0. The number of rotatable bonds is 11. The minimum Gasteiger partial charge on any atom is -0.396 e. The number of hydrogen-bond acceptors (Lipinski definition) is 3. The summed E-state index contributed by atoms with van der Waals surface area (Å²) in [6, 6.07) is 0. The van der Waals surface area contributed by atoms with Crippen LogP contribution in [0, 0.1) is 5.92 Å². The Kier molecular flexibility index (Phi) is 10.2. The number of carbonyl (C=O) groups is 1. The standard InChI is InChI=1S/C20H27F3O3/c21-20(22,23)14-6-5-9-17(25)11-12-18-16(10-13-19(18)26)8-4-2-1-3-7-15-24/h2,4-6,10,12-13,16-17,24-25H,1,3,7-9,11,14-15H2/b4-2-,6-5-,18-12+/t16-,17-/m0/s1. The lowest BCUT2D eigenvalue weighted by molar-refractivity contribution is -0.125. The van der Waals surface area contributed by atoms with Crippen LogP contribution in [0.1, 0.15) is 44.9 Å². The van der Waals surface area contributed by atoms with Crippen molar-refractivity contribution >= 4 is 5.78 Å². The molecule has 1 rings (SSSR count). The fourth-order valence-electron chi connectivity index (χ4n) is 2.61. The summed E-state index contributed by atoms with van der Waals surface area (Å²) in [7, 11) is 0. The third kappa shape index (κ3) is 9.73. The zero-order chi connectivity index (χ0) is 19.4. The van der Waals surface area contributed by atoms with Gasteiger partial charge in [0.25, 0.3) is 0 Å². The van der Waals surface area contributed by atoms with Gasteiger partial charge in [0, 0.05) is 18.1 Å². The van der Waals surface area contributed by atoms with Crippen molar-refractivity contribution in [2.24, 2.45) is 5.92 Å². The number of carbonyl (C=O) groups excluding carboxylic acids is 1. The van der Waals surface area contributed by atoms with Gasteiger partial charge >= 0.3 is 6.18 Å². The zero-order valence-electron chi connectivity index (χ0n) is 14.8. The van der Waals surface area contributed by atoms with Crippen molar-refractivity contribution in [2.45, 2.75) is 57.2 Å². The Morgan fingerprint density at radius 1 is 1.12 bits per heavy atom. The lowest BCUT2D eigenvalue weighted by Crippen LogP contribution is -2.08. The SMILES string of the molecule is O=C1C=C[C@H](C/C=C\CCCCO)/C1=C\C[C@@H](O)C/C=C\CC(F)(F)F. The summed E-state index contributed by atoms with van der Waals surface area (Å²) < 4.78 is 36.1. The Hall–Kier alpha value is -1.66. The van der Waals surface area contributed by atoms with E-state index in [4.69, 9.17) is 5.11 Å². The molecule has 1 aliphatic rings. The van der Waals surface area contributed by atoms with Gasteiger partial charge in [-0.2, -0.15) is 13.2 Å². The van der Waals surface area contributed by atoms with Crippen LogP contribution in [0.4, 0.5) is 13.2 Å². The molecule has 146 valence electrons. The first-order valence-electron chi connectivity index (χ1n) is 8.91. The Bertz CT molecular complexity index is 545. The number of allylic oxidation sites excluding steroid dienone is 6. The van der Waals surface area contributed by atoms with Gasteiger partial charge in [0.15, 0.2) is 5.78 Å². The van der Waals surface area contributed by atoms with Crippen molar-refractivity contribution in [1.82, 2.24) is 0 Å². The van der Waals surface area contributed by atoms with E-state index >= 15 is 0 Å². The Morgan fingerprint density at radius 2 is 1.88 bits per heavy atom. The Morgan fingerprint density at radius 3 is 2.58 bits per heavy atom. The van der Waals surface area contributed by atoms with Crippen LogP contribution in [0.25, 0.3) is 0 Å².